The predicted octanol–water partition coefficient (Wildman–Crippen LogP) is 4.75. The van der Waals surface area contributed by atoms with Gasteiger partial charge in [0.15, 0.2) is 0 Å². The molecular weight excluding hydrogens is 382 g/mol. The SMILES string of the molecule is Cc1cccc(Oc2nc(CN3CCOCC3)nc3sc4c(c23)CCC(C)C4)c1. The molecule has 0 radical (unpaired) electrons. The first-order valence-corrected chi connectivity index (χ1v) is 11.3. The Balaban J connectivity index is 1.56. The third kappa shape index (κ3) is 4.02. The Morgan fingerprint density at radius 1 is 1.24 bits per heavy atom. The van der Waals surface area contributed by atoms with Crippen LogP contribution >= 0.6 is 11.3 Å². The van der Waals surface area contributed by atoms with Gasteiger partial charge in [0.25, 0.3) is 0 Å². The number of benzene rings is 1. The minimum atomic E-state index is 0.718. The minimum Gasteiger partial charge on any atom is -0.438 e. The summed E-state index contributed by atoms with van der Waals surface area (Å²) in [5, 5.41) is 1.13. The third-order valence-corrected chi connectivity index (χ3v) is 6.99. The Morgan fingerprint density at radius 2 is 2.10 bits per heavy atom. The van der Waals surface area contributed by atoms with E-state index in [2.05, 4.69) is 30.9 Å². The van der Waals surface area contributed by atoms with Crippen LogP contribution in [0.4, 0.5) is 0 Å². The highest BCUT2D eigenvalue weighted by Gasteiger charge is 2.25. The van der Waals surface area contributed by atoms with Crippen molar-refractivity contribution in [2.45, 2.75) is 39.7 Å². The molecule has 2 aromatic heterocycles. The van der Waals surface area contributed by atoms with Gasteiger partial charge in [0.2, 0.25) is 5.88 Å². The van der Waals surface area contributed by atoms with Crippen molar-refractivity contribution in [3.05, 3.63) is 46.1 Å². The number of thiophene rings is 1. The van der Waals surface area contributed by atoms with Crippen LogP contribution in [0.2, 0.25) is 0 Å². The molecule has 1 aliphatic heterocycles. The lowest BCUT2D eigenvalue weighted by Crippen LogP contribution is -2.36. The molecule has 5 nitrogen and oxygen atoms in total. The minimum absolute atomic E-state index is 0.718. The van der Waals surface area contributed by atoms with Crippen LogP contribution in [0.15, 0.2) is 24.3 Å². The average Bonchev–Trinajstić information content (AvgIpc) is 3.06. The number of aryl methyl sites for hydroxylation is 2. The van der Waals surface area contributed by atoms with E-state index in [0.29, 0.717) is 0 Å². The fourth-order valence-electron chi connectivity index (χ4n) is 4.25. The van der Waals surface area contributed by atoms with E-state index < -0.39 is 0 Å². The molecular formula is C23H27N3O2S. The number of ether oxygens (including phenoxy) is 2. The molecule has 6 heteroatoms. The summed E-state index contributed by atoms with van der Waals surface area (Å²) in [4.78, 5) is 14.8. The molecule has 1 saturated heterocycles. The average molecular weight is 410 g/mol. The molecule has 29 heavy (non-hydrogen) atoms. The molecule has 0 amide bonds. The summed E-state index contributed by atoms with van der Waals surface area (Å²) in [5.41, 5.74) is 2.59. The number of hydrogen-bond acceptors (Lipinski definition) is 6. The van der Waals surface area contributed by atoms with Crippen molar-refractivity contribution in [1.82, 2.24) is 14.9 Å². The zero-order valence-electron chi connectivity index (χ0n) is 17.1. The Hall–Kier alpha value is -2.02. The summed E-state index contributed by atoms with van der Waals surface area (Å²) in [5.74, 6) is 3.13. The molecule has 0 N–H and O–H groups in total. The summed E-state index contributed by atoms with van der Waals surface area (Å²) in [6.45, 7) is 8.57. The van der Waals surface area contributed by atoms with Crippen molar-refractivity contribution in [2.24, 2.45) is 5.92 Å². The maximum atomic E-state index is 6.37. The molecule has 3 aromatic rings. The van der Waals surface area contributed by atoms with E-state index in [4.69, 9.17) is 19.4 Å². The fourth-order valence-corrected chi connectivity index (χ4v) is 5.64. The van der Waals surface area contributed by atoms with Gasteiger partial charge in [-0.3, -0.25) is 4.90 Å². The Kier molecular flexibility index (Phi) is 5.24. The summed E-state index contributed by atoms with van der Waals surface area (Å²) in [6, 6.07) is 8.18. The number of fused-ring (bicyclic) bond motifs is 3. The van der Waals surface area contributed by atoms with Gasteiger partial charge in [-0.1, -0.05) is 19.1 Å². The van der Waals surface area contributed by atoms with Gasteiger partial charge in [-0.15, -0.1) is 11.3 Å². The summed E-state index contributed by atoms with van der Waals surface area (Å²) in [6.07, 6.45) is 3.45. The Morgan fingerprint density at radius 3 is 2.93 bits per heavy atom. The zero-order chi connectivity index (χ0) is 19.8. The summed E-state index contributed by atoms with van der Waals surface area (Å²) in [7, 11) is 0. The standard InChI is InChI=1S/C23H27N3O2S/c1-15-4-3-5-17(12-15)28-22-21-18-7-6-16(2)13-19(18)29-23(21)25-20(24-22)14-26-8-10-27-11-9-26/h3-5,12,16H,6-11,13-14H2,1-2H3. The molecule has 152 valence electrons. The lowest BCUT2D eigenvalue weighted by atomic mass is 9.89. The number of hydrogen-bond donors (Lipinski definition) is 0. The highest BCUT2D eigenvalue weighted by molar-refractivity contribution is 7.18. The highest BCUT2D eigenvalue weighted by atomic mass is 32.1. The van der Waals surface area contributed by atoms with E-state index in [0.717, 1.165) is 79.3 Å². The monoisotopic (exact) mass is 409 g/mol. The first kappa shape index (κ1) is 19.0. The van der Waals surface area contributed by atoms with Gasteiger partial charge in [0.05, 0.1) is 25.1 Å². The second-order valence-corrected chi connectivity index (χ2v) is 9.37. The van der Waals surface area contributed by atoms with E-state index in [1.54, 1.807) is 0 Å². The van der Waals surface area contributed by atoms with Gasteiger partial charge in [-0.05, 0) is 55.4 Å². The third-order valence-electron chi connectivity index (χ3n) is 5.84. The number of nitrogens with zero attached hydrogens (tertiary/aromatic N) is 3. The molecule has 0 bridgehead atoms. The number of morpholine rings is 1. The van der Waals surface area contributed by atoms with Gasteiger partial charge in [-0.2, -0.15) is 4.98 Å². The smallest absolute Gasteiger partial charge is 0.231 e. The maximum Gasteiger partial charge on any atom is 0.231 e. The quantitative estimate of drug-likeness (QED) is 0.622. The van der Waals surface area contributed by atoms with E-state index in [1.807, 2.05) is 23.5 Å². The van der Waals surface area contributed by atoms with Crippen LogP contribution in [0.25, 0.3) is 10.2 Å². The van der Waals surface area contributed by atoms with Crippen molar-refractivity contribution in [1.29, 1.82) is 0 Å². The fraction of sp³-hybridized carbons (Fsp3) is 0.478. The van der Waals surface area contributed by atoms with Crippen molar-refractivity contribution < 1.29 is 9.47 Å². The van der Waals surface area contributed by atoms with Crippen LogP contribution in [0.5, 0.6) is 11.6 Å². The van der Waals surface area contributed by atoms with Gasteiger partial charge in [0, 0.05) is 18.0 Å². The normalized spacial score (nSPS) is 20.0. The number of aromatic nitrogens is 2. The number of rotatable bonds is 4. The van der Waals surface area contributed by atoms with Crippen LogP contribution in [0, 0.1) is 12.8 Å². The van der Waals surface area contributed by atoms with E-state index in [9.17, 15) is 0 Å². The van der Waals surface area contributed by atoms with E-state index >= 15 is 0 Å². The maximum absolute atomic E-state index is 6.37. The molecule has 1 aromatic carbocycles. The van der Waals surface area contributed by atoms with Gasteiger partial charge in [-0.25, -0.2) is 4.98 Å². The molecule has 1 unspecified atom stereocenters. The molecule has 1 fully saturated rings. The molecule has 0 saturated carbocycles. The van der Waals surface area contributed by atoms with Crippen molar-refractivity contribution >= 4 is 21.6 Å². The van der Waals surface area contributed by atoms with Crippen LogP contribution in [-0.2, 0) is 24.1 Å². The van der Waals surface area contributed by atoms with Crippen molar-refractivity contribution in [3.63, 3.8) is 0 Å². The van der Waals surface area contributed by atoms with Crippen LogP contribution < -0.4 is 4.74 Å². The topological polar surface area (TPSA) is 47.5 Å². The van der Waals surface area contributed by atoms with Gasteiger partial charge in [0.1, 0.15) is 16.4 Å². The largest absolute Gasteiger partial charge is 0.438 e. The van der Waals surface area contributed by atoms with Gasteiger partial charge < -0.3 is 9.47 Å². The van der Waals surface area contributed by atoms with Crippen molar-refractivity contribution in [3.8, 4) is 11.6 Å². The molecule has 1 aliphatic carbocycles. The Labute approximate surface area is 175 Å². The zero-order valence-corrected chi connectivity index (χ0v) is 17.9. The predicted molar refractivity (Wildman–Crippen MR) is 116 cm³/mol. The lowest BCUT2D eigenvalue weighted by Gasteiger charge is -2.25. The molecule has 3 heterocycles. The Bertz CT molecular complexity index is 1030. The molecule has 1 atom stereocenters. The van der Waals surface area contributed by atoms with E-state index in [1.165, 1.54) is 22.4 Å². The second kappa shape index (κ2) is 8.01. The highest BCUT2D eigenvalue weighted by Crippen LogP contribution is 2.42. The molecule has 0 spiro atoms. The first-order chi connectivity index (χ1) is 14.2. The van der Waals surface area contributed by atoms with Gasteiger partial charge >= 0.3 is 0 Å². The second-order valence-electron chi connectivity index (χ2n) is 8.28. The van der Waals surface area contributed by atoms with Crippen molar-refractivity contribution in [2.75, 3.05) is 26.3 Å². The molecule has 2 aliphatic rings. The van der Waals surface area contributed by atoms with E-state index in [-0.39, 0.29) is 0 Å². The first-order valence-electron chi connectivity index (χ1n) is 10.5. The lowest BCUT2D eigenvalue weighted by molar-refractivity contribution is 0.0330. The van der Waals surface area contributed by atoms with Crippen LogP contribution in [0.3, 0.4) is 0 Å². The van der Waals surface area contributed by atoms with Crippen LogP contribution in [-0.4, -0.2) is 41.2 Å². The van der Waals surface area contributed by atoms with Crippen LogP contribution in [0.1, 0.15) is 35.2 Å². The summed E-state index contributed by atoms with van der Waals surface area (Å²) < 4.78 is 11.8. The summed E-state index contributed by atoms with van der Waals surface area (Å²) >= 11 is 1.83. The molecule has 5 rings (SSSR count).